The van der Waals surface area contributed by atoms with Crippen LogP contribution in [0.25, 0.3) is 0 Å². The lowest BCUT2D eigenvalue weighted by Crippen LogP contribution is -2.55. The van der Waals surface area contributed by atoms with E-state index in [1.807, 2.05) is 0 Å². The zero-order valence-corrected chi connectivity index (χ0v) is 18.9. The maximum Gasteiger partial charge on any atom is 0.122 e. The molecule has 0 heterocycles. The fourth-order valence-corrected chi connectivity index (χ4v) is 10.6. The minimum Gasteiger partial charge on any atom is -0.0651 e. The molecule has 148 valence electrons. The third-order valence-corrected chi connectivity index (χ3v) is 12.2. The zero-order valence-electron chi connectivity index (χ0n) is 18.0. The second kappa shape index (κ2) is 8.27. The quantitative estimate of drug-likeness (QED) is 0.444. The molecule has 4 saturated carbocycles. The molecule has 4 aliphatic carbocycles. The molecule has 1 heteroatoms. The van der Waals surface area contributed by atoms with E-state index in [1.54, 1.807) is 44.9 Å². The largest absolute Gasteiger partial charge is 0.122 e. The van der Waals surface area contributed by atoms with E-state index in [9.17, 15) is 0 Å². The Morgan fingerprint density at radius 2 is 1.50 bits per heavy atom. The molecule has 0 radical (unpaired) electrons. The van der Waals surface area contributed by atoms with Crippen molar-refractivity contribution < 1.29 is 0 Å². The Hall–Kier alpha value is 0.170. The van der Waals surface area contributed by atoms with Gasteiger partial charge in [-0.2, -0.15) is 0 Å². The topological polar surface area (TPSA) is 0 Å². The van der Waals surface area contributed by atoms with E-state index in [0.29, 0.717) is 0 Å². The molecule has 0 amide bonds. The van der Waals surface area contributed by atoms with Crippen LogP contribution in [-0.4, -0.2) is 18.1 Å². The standard InChI is InChI=1S/C25H44P/c1-5-18-16-19(15-14-17(18)3)20-12-9-13-21(20)24-22-10-7-8-11-23(22)25(24)26(4)6-2/h6,17-25H,5,7-16H2,1-4H3/q+1. The summed E-state index contributed by atoms with van der Waals surface area (Å²) in [5, 5.41) is 0. The summed E-state index contributed by atoms with van der Waals surface area (Å²) in [6.07, 6.45) is 17.0. The van der Waals surface area contributed by atoms with E-state index in [2.05, 4.69) is 33.2 Å². The summed E-state index contributed by atoms with van der Waals surface area (Å²) < 4.78 is 0. The van der Waals surface area contributed by atoms with Crippen molar-refractivity contribution in [1.82, 2.24) is 0 Å². The fourth-order valence-electron chi connectivity index (χ4n) is 8.29. The Morgan fingerprint density at radius 3 is 2.23 bits per heavy atom. The predicted molar refractivity (Wildman–Crippen MR) is 118 cm³/mol. The summed E-state index contributed by atoms with van der Waals surface area (Å²) in [6.45, 7) is 9.95. The van der Waals surface area contributed by atoms with Gasteiger partial charge in [0.2, 0.25) is 0 Å². The van der Waals surface area contributed by atoms with Gasteiger partial charge in [-0.15, -0.1) is 0 Å². The van der Waals surface area contributed by atoms with Crippen molar-refractivity contribution in [3.63, 3.8) is 0 Å². The van der Waals surface area contributed by atoms with Gasteiger partial charge in [0.1, 0.15) is 5.66 Å². The Bertz CT molecular complexity index is 508. The highest BCUT2D eigenvalue weighted by molar-refractivity contribution is 7.57. The molecule has 10 unspecified atom stereocenters. The van der Waals surface area contributed by atoms with E-state index < -0.39 is 0 Å². The van der Waals surface area contributed by atoms with Crippen molar-refractivity contribution in [1.29, 1.82) is 0 Å². The van der Waals surface area contributed by atoms with Gasteiger partial charge >= 0.3 is 0 Å². The molecule has 0 N–H and O–H groups in total. The minimum atomic E-state index is 0.168. The summed E-state index contributed by atoms with van der Waals surface area (Å²) in [6, 6.07) is 0. The first-order chi connectivity index (χ1) is 12.7. The minimum absolute atomic E-state index is 0.168. The molecule has 4 rings (SSSR count). The molecule has 0 bridgehead atoms. The molecule has 0 spiro atoms. The highest BCUT2D eigenvalue weighted by Gasteiger charge is 2.60. The molecular weight excluding hydrogens is 331 g/mol. The summed E-state index contributed by atoms with van der Waals surface area (Å²) in [5.74, 6) is 11.3. The average Bonchev–Trinajstić information content (AvgIpc) is 3.12. The number of rotatable bonds is 4. The first kappa shape index (κ1) is 19.5. The van der Waals surface area contributed by atoms with Gasteiger partial charge in [-0.3, -0.25) is 0 Å². The van der Waals surface area contributed by atoms with E-state index >= 15 is 0 Å². The summed E-state index contributed by atoms with van der Waals surface area (Å²) >= 11 is 0. The molecule has 10 atom stereocenters. The van der Waals surface area contributed by atoms with Crippen molar-refractivity contribution in [3.05, 3.63) is 0 Å². The molecule has 26 heavy (non-hydrogen) atoms. The predicted octanol–water partition coefficient (Wildman–Crippen LogP) is 7.60. The van der Waals surface area contributed by atoms with Crippen LogP contribution in [0.3, 0.4) is 0 Å². The third kappa shape index (κ3) is 3.36. The maximum absolute atomic E-state index is 2.61. The van der Waals surface area contributed by atoms with Gasteiger partial charge in [0.05, 0.1) is 20.0 Å². The monoisotopic (exact) mass is 375 g/mol. The van der Waals surface area contributed by atoms with Crippen LogP contribution in [0, 0.1) is 47.3 Å². The SMILES string of the molecule is CC=[P+](C)C1C2CCCCC2C1C1CCCC1C1CCC(C)C(CC)C1. The lowest BCUT2D eigenvalue weighted by Gasteiger charge is -2.55. The van der Waals surface area contributed by atoms with Gasteiger partial charge in [0, 0.05) is 11.8 Å². The van der Waals surface area contributed by atoms with Gasteiger partial charge in [-0.05, 0) is 81.0 Å². The normalized spacial score (nSPS) is 49.5. The average molecular weight is 376 g/mol. The molecule has 0 saturated heterocycles. The van der Waals surface area contributed by atoms with Crippen LogP contribution in [0.15, 0.2) is 0 Å². The molecule has 0 aromatic heterocycles. The lowest BCUT2D eigenvalue weighted by atomic mass is 9.52. The first-order valence-corrected chi connectivity index (χ1v) is 14.1. The van der Waals surface area contributed by atoms with Crippen LogP contribution < -0.4 is 0 Å². The Kier molecular flexibility index (Phi) is 6.20. The molecule has 0 aromatic carbocycles. The van der Waals surface area contributed by atoms with Gasteiger partial charge in [-0.25, -0.2) is 0 Å². The zero-order chi connectivity index (χ0) is 18.3. The summed E-state index contributed by atoms with van der Waals surface area (Å²) in [4.78, 5) is 0. The van der Waals surface area contributed by atoms with E-state index in [1.165, 1.54) is 25.7 Å². The second-order valence-corrected chi connectivity index (χ2v) is 13.0. The van der Waals surface area contributed by atoms with E-state index in [-0.39, 0.29) is 7.55 Å². The summed E-state index contributed by atoms with van der Waals surface area (Å²) in [7, 11) is 0.168. The van der Waals surface area contributed by atoms with Crippen molar-refractivity contribution in [2.45, 2.75) is 97.1 Å². The molecular formula is C25H44P+. The van der Waals surface area contributed by atoms with Crippen LogP contribution in [-0.2, 0) is 0 Å². The number of fused-ring (bicyclic) bond motifs is 1. The van der Waals surface area contributed by atoms with Gasteiger partial charge in [-0.1, -0.05) is 46.0 Å². The highest BCUT2D eigenvalue weighted by Crippen LogP contribution is 2.64. The molecule has 0 aromatic rings. The Morgan fingerprint density at radius 1 is 0.846 bits per heavy atom. The van der Waals surface area contributed by atoms with Crippen LogP contribution in [0.5, 0.6) is 0 Å². The van der Waals surface area contributed by atoms with Crippen LogP contribution in [0.4, 0.5) is 0 Å². The van der Waals surface area contributed by atoms with Crippen LogP contribution in [0.1, 0.15) is 91.4 Å². The van der Waals surface area contributed by atoms with Gasteiger partial charge in [0.25, 0.3) is 0 Å². The molecule has 0 nitrogen and oxygen atoms in total. The Balaban J connectivity index is 1.52. The molecule has 0 aliphatic heterocycles. The van der Waals surface area contributed by atoms with E-state index in [4.69, 9.17) is 0 Å². The van der Waals surface area contributed by atoms with E-state index in [0.717, 1.165) is 53.0 Å². The molecule has 4 fully saturated rings. The van der Waals surface area contributed by atoms with Gasteiger partial charge < -0.3 is 0 Å². The van der Waals surface area contributed by atoms with Crippen LogP contribution >= 0.6 is 7.55 Å². The highest BCUT2D eigenvalue weighted by atomic mass is 31.1. The second-order valence-electron chi connectivity index (χ2n) is 10.6. The number of hydrogen-bond donors (Lipinski definition) is 0. The van der Waals surface area contributed by atoms with Crippen molar-refractivity contribution in [3.8, 4) is 0 Å². The van der Waals surface area contributed by atoms with Gasteiger partial charge in [0.15, 0.2) is 0 Å². The third-order valence-electron chi connectivity index (χ3n) is 9.73. The molecule has 4 aliphatic rings. The maximum atomic E-state index is 2.61. The summed E-state index contributed by atoms with van der Waals surface area (Å²) in [5.41, 5.74) is 1.11. The fraction of sp³-hybridized carbons (Fsp3) is 0.960. The van der Waals surface area contributed by atoms with Crippen molar-refractivity contribution in [2.24, 2.45) is 47.3 Å². The van der Waals surface area contributed by atoms with Crippen LogP contribution in [0.2, 0.25) is 0 Å². The number of hydrogen-bond acceptors (Lipinski definition) is 0. The Labute approximate surface area is 164 Å². The lowest BCUT2D eigenvalue weighted by molar-refractivity contribution is -0.0281. The smallest absolute Gasteiger partial charge is 0.0651 e. The first-order valence-electron chi connectivity index (χ1n) is 12.2. The van der Waals surface area contributed by atoms with Crippen molar-refractivity contribution >= 4 is 13.3 Å². The van der Waals surface area contributed by atoms with Crippen molar-refractivity contribution in [2.75, 3.05) is 6.66 Å².